The average Bonchev–Trinajstić information content (AvgIpc) is 2.12. The molecule has 0 aromatic carbocycles. The minimum absolute atomic E-state index is 0.0880. The molecule has 0 unspecified atom stereocenters. The van der Waals surface area contributed by atoms with Gasteiger partial charge in [0.15, 0.2) is 0 Å². The summed E-state index contributed by atoms with van der Waals surface area (Å²) in [7, 11) is 0. The SMILES string of the molecule is CC.Cc1cnc(C)c([N+](=O)[O-])c1. The van der Waals surface area contributed by atoms with Gasteiger partial charge >= 0.3 is 0 Å². The van der Waals surface area contributed by atoms with Gasteiger partial charge in [0.05, 0.1) is 4.92 Å². The fourth-order valence-corrected chi connectivity index (χ4v) is 0.807. The number of hydrogen-bond donors (Lipinski definition) is 0. The molecule has 1 aromatic rings. The molecular weight excluding hydrogens is 168 g/mol. The van der Waals surface area contributed by atoms with E-state index in [0.29, 0.717) is 5.69 Å². The summed E-state index contributed by atoms with van der Waals surface area (Å²) in [5.41, 5.74) is 1.35. The predicted molar refractivity (Wildman–Crippen MR) is 51.7 cm³/mol. The summed E-state index contributed by atoms with van der Waals surface area (Å²) in [6, 6.07) is 1.52. The van der Waals surface area contributed by atoms with Crippen LogP contribution in [0.3, 0.4) is 0 Å². The Morgan fingerprint density at radius 3 is 2.31 bits per heavy atom. The standard InChI is InChI=1S/C7H8N2O2.C2H6/c1-5-3-7(9(10)11)6(2)8-4-5;1-2/h3-4H,1-2H3;1-2H3. The van der Waals surface area contributed by atoms with Gasteiger partial charge < -0.3 is 0 Å². The summed E-state index contributed by atoms with van der Waals surface area (Å²) >= 11 is 0. The summed E-state index contributed by atoms with van der Waals surface area (Å²) in [5, 5.41) is 10.3. The van der Waals surface area contributed by atoms with Crippen molar-refractivity contribution in [1.29, 1.82) is 0 Å². The molecule has 4 heteroatoms. The lowest BCUT2D eigenvalue weighted by atomic mass is 10.2. The van der Waals surface area contributed by atoms with Crippen LogP contribution in [0.4, 0.5) is 5.69 Å². The highest BCUT2D eigenvalue weighted by Crippen LogP contribution is 2.15. The third-order valence-electron chi connectivity index (χ3n) is 1.39. The number of nitro groups is 1. The zero-order valence-electron chi connectivity index (χ0n) is 8.37. The maximum absolute atomic E-state index is 10.3. The fraction of sp³-hybridized carbons (Fsp3) is 0.444. The van der Waals surface area contributed by atoms with E-state index in [0.717, 1.165) is 5.56 Å². The number of aryl methyl sites for hydroxylation is 2. The van der Waals surface area contributed by atoms with Crippen LogP contribution in [0.25, 0.3) is 0 Å². The maximum Gasteiger partial charge on any atom is 0.290 e. The van der Waals surface area contributed by atoms with Gasteiger partial charge in [-0.1, -0.05) is 13.8 Å². The Hall–Kier alpha value is -1.45. The molecule has 0 radical (unpaired) electrons. The van der Waals surface area contributed by atoms with Crippen LogP contribution < -0.4 is 0 Å². The highest BCUT2D eigenvalue weighted by molar-refractivity contribution is 5.36. The molecule has 13 heavy (non-hydrogen) atoms. The van der Waals surface area contributed by atoms with Crippen molar-refractivity contribution in [2.24, 2.45) is 0 Å². The van der Waals surface area contributed by atoms with E-state index in [4.69, 9.17) is 0 Å². The summed E-state index contributed by atoms with van der Waals surface area (Å²) in [6.07, 6.45) is 1.61. The molecule has 0 spiro atoms. The molecule has 0 amide bonds. The van der Waals surface area contributed by atoms with Gasteiger partial charge in [0.25, 0.3) is 5.69 Å². The number of rotatable bonds is 1. The summed E-state index contributed by atoms with van der Waals surface area (Å²) in [4.78, 5) is 13.8. The van der Waals surface area contributed by atoms with Crippen LogP contribution in [0.2, 0.25) is 0 Å². The first kappa shape index (κ1) is 11.6. The molecule has 4 nitrogen and oxygen atoms in total. The van der Waals surface area contributed by atoms with Crippen LogP contribution in [-0.4, -0.2) is 9.91 Å². The van der Waals surface area contributed by atoms with E-state index in [9.17, 15) is 10.1 Å². The van der Waals surface area contributed by atoms with Gasteiger partial charge in [0.2, 0.25) is 0 Å². The van der Waals surface area contributed by atoms with Gasteiger partial charge in [0, 0.05) is 12.3 Å². The van der Waals surface area contributed by atoms with Gasteiger partial charge in [-0.2, -0.15) is 0 Å². The van der Waals surface area contributed by atoms with E-state index in [1.54, 1.807) is 20.0 Å². The second-order valence-electron chi connectivity index (χ2n) is 2.37. The largest absolute Gasteiger partial charge is 0.290 e. The topological polar surface area (TPSA) is 56.0 Å². The molecule has 0 N–H and O–H groups in total. The van der Waals surface area contributed by atoms with Gasteiger partial charge in [-0.15, -0.1) is 0 Å². The molecule has 0 aliphatic rings. The van der Waals surface area contributed by atoms with Crippen LogP contribution in [0, 0.1) is 24.0 Å². The molecule has 0 atom stereocenters. The summed E-state index contributed by atoms with van der Waals surface area (Å²) < 4.78 is 0. The van der Waals surface area contributed by atoms with Crippen LogP contribution in [0.5, 0.6) is 0 Å². The van der Waals surface area contributed by atoms with Crippen molar-refractivity contribution >= 4 is 5.69 Å². The fourth-order valence-electron chi connectivity index (χ4n) is 0.807. The molecule has 0 fully saturated rings. The van der Waals surface area contributed by atoms with Crippen molar-refractivity contribution in [1.82, 2.24) is 4.98 Å². The second kappa shape index (κ2) is 5.24. The minimum Gasteiger partial charge on any atom is -0.258 e. The van der Waals surface area contributed by atoms with Gasteiger partial charge in [0.1, 0.15) is 5.69 Å². The van der Waals surface area contributed by atoms with E-state index in [1.165, 1.54) is 6.07 Å². The lowest BCUT2D eigenvalue weighted by Crippen LogP contribution is -1.94. The first-order chi connectivity index (χ1) is 6.11. The van der Waals surface area contributed by atoms with Gasteiger partial charge in [-0.25, -0.2) is 0 Å². The molecule has 1 heterocycles. The Bertz CT molecular complexity index is 298. The molecule has 1 aromatic heterocycles. The number of aromatic nitrogens is 1. The Morgan fingerprint density at radius 2 is 1.92 bits per heavy atom. The molecule has 0 bridgehead atoms. The lowest BCUT2D eigenvalue weighted by Gasteiger charge is -1.95. The average molecular weight is 182 g/mol. The van der Waals surface area contributed by atoms with Crippen LogP contribution in [0.15, 0.2) is 12.3 Å². The number of nitrogens with zero attached hydrogens (tertiary/aromatic N) is 2. The zero-order chi connectivity index (χ0) is 10.4. The molecule has 72 valence electrons. The molecule has 0 saturated carbocycles. The van der Waals surface area contributed by atoms with Crippen LogP contribution in [-0.2, 0) is 0 Å². The second-order valence-corrected chi connectivity index (χ2v) is 2.37. The Labute approximate surface area is 77.8 Å². The number of pyridine rings is 1. The van der Waals surface area contributed by atoms with Crippen molar-refractivity contribution < 1.29 is 4.92 Å². The van der Waals surface area contributed by atoms with E-state index < -0.39 is 4.92 Å². The van der Waals surface area contributed by atoms with Crippen molar-refractivity contribution in [2.45, 2.75) is 27.7 Å². The quantitative estimate of drug-likeness (QED) is 0.495. The summed E-state index contributed by atoms with van der Waals surface area (Å²) in [6.45, 7) is 7.40. The van der Waals surface area contributed by atoms with E-state index >= 15 is 0 Å². The number of hydrogen-bond acceptors (Lipinski definition) is 3. The normalized spacial score (nSPS) is 8.62. The molecule has 0 aliphatic carbocycles. The van der Waals surface area contributed by atoms with Crippen molar-refractivity contribution in [3.8, 4) is 0 Å². The van der Waals surface area contributed by atoms with Crippen molar-refractivity contribution in [2.75, 3.05) is 0 Å². The molecular formula is C9H14N2O2. The monoisotopic (exact) mass is 182 g/mol. The smallest absolute Gasteiger partial charge is 0.258 e. The summed E-state index contributed by atoms with van der Waals surface area (Å²) in [5.74, 6) is 0. The van der Waals surface area contributed by atoms with Gasteiger partial charge in [-0.05, 0) is 19.4 Å². The molecule has 0 aliphatic heterocycles. The van der Waals surface area contributed by atoms with Crippen molar-refractivity contribution in [3.63, 3.8) is 0 Å². The predicted octanol–water partition coefficient (Wildman–Crippen LogP) is 2.63. The van der Waals surface area contributed by atoms with Gasteiger partial charge in [-0.3, -0.25) is 15.1 Å². The third kappa shape index (κ3) is 3.19. The van der Waals surface area contributed by atoms with Crippen LogP contribution in [0.1, 0.15) is 25.1 Å². The first-order valence-corrected chi connectivity index (χ1v) is 4.19. The van der Waals surface area contributed by atoms with E-state index in [-0.39, 0.29) is 5.69 Å². The van der Waals surface area contributed by atoms with Crippen LogP contribution >= 0.6 is 0 Å². The Balaban J connectivity index is 0.000000671. The zero-order valence-corrected chi connectivity index (χ0v) is 8.37. The van der Waals surface area contributed by atoms with E-state index in [2.05, 4.69) is 4.98 Å². The Kier molecular flexibility index (Phi) is 4.66. The minimum atomic E-state index is -0.421. The lowest BCUT2D eigenvalue weighted by molar-refractivity contribution is -0.385. The third-order valence-corrected chi connectivity index (χ3v) is 1.39. The Morgan fingerprint density at radius 1 is 1.38 bits per heavy atom. The first-order valence-electron chi connectivity index (χ1n) is 4.19. The highest BCUT2D eigenvalue weighted by atomic mass is 16.6. The maximum atomic E-state index is 10.3. The highest BCUT2D eigenvalue weighted by Gasteiger charge is 2.09. The molecule has 0 saturated heterocycles. The van der Waals surface area contributed by atoms with E-state index in [1.807, 2.05) is 13.8 Å². The molecule has 1 rings (SSSR count). The van der Waals surface area contributed by atoms with Crippen molar-refractivity contribution in [3.05, 3.63) is 33.6 Å².